The number of hydrogen-bond donors (Lipinski definition) is 2. The second-order valence-electron chi connectivity index (χ2n) is 10.5. The predicted molar refractivity (Wildman–Crippen MR) is 146 cm³/mol. The number of benzene rings is 1. The van der Waals surface area contributed by atoms with Gasteiger partial charge in [-0.25, -0.2) is 0 Å². The molecule has 194 valence electrons. The van der Waals surface area contributed by atoms with Gasteiger partial charge in [-0.15, -0.1) is 0 Å². The molecule has 0 bridgehead atoms. The maximum atomic E-state index is 11.0. The Balaban J connectivity index is 1.23. The van der Waals surface area contributed by atoms with Crippen LogP contribution < -0.4 is 4.74 Å². The lowest BCUT2D eigenvalue weighted by molar-refractivity contribution is 0.0581. The molecule has 1 saturated heterocycles. The molecule has 2 N–H and O–H groups in total. The minimum atomic E-state index is -0.536. The average Bonchev–Trinajstić information content (AvgIpc) is 3.18. The number of hydrogen-bond acceptors (Lipinski definition) is 6. The topological polar surface area (TPSA) is 65.8 Å². The number of thioether (sulfide) groups is 1. The van der Waals surface area contributed by atoms with Gasteiger partial charge in [0.15, 0.2) is 0 Å². The number of ether oxygens (including phenoxy) is 1. The third kappa shape index (κ3) is 7.58. The van der Waals surface area contributed by atoms with Crippen LogP contribution in [0.1, 0.15) is 75.9 Å². The van der Waals surface area contributed by atoms with E-state index in [2.05, 4.69) is 21.6 Å². The van der Waals surface area contributed by atoms with Gasteiger partial charge in [0.05, 0.1) is 18.7 Å². The molecule has 0 unspecified atom stereocenters. The standard InChI is InChI=1S/C29H44N2O3S/c1-34-24-10-11-28-27(19-24)26(13-15-30-28)29(33)12-9-22-14-17-31(20-23(22)21-32)16-6-18-35-25-7-4-2-3-5-8-25/h10-11,13,15,19,22-23,25,29,32-33H,2-9,12,14,16-18,20-21H2,1H3/t22-,23-,29+/m1/s1. The number of pyridine rings is 1. The molecule has 0 spiro atoms. The van der Waals surface area contributed by atoms with Gasteiger partial charge in [0.2, 0.25) is 0 Å². The molecule has 2 heterocycles. The lowest BCUT2D eigenvalue weighted by atomic mass is 9.81. The van der Waals surface area contributed by atoms with E-state index < -0.39 is 6.10 Å². The van der Waals surface area contributed by atoms with Crippen molar-refractivity contribution in [2.45, 2.75) is 75.6 Å². The molecule has 6 heteroatoms. The van der Waals surface area contributed by atoms with Crippen molar-refractivity contribution in [2.75, 3.05) is 39.1 Å². The highest BCUT2D eigenvalue weighted by Crippen LogP contribution is 2.34. The Labute approximate surface area is 215 Å². The highest BCUT2D eigenvalue weighted by atomic mass is 32.2. The van der Waals surface area contributed by atoms with Crippen molar-refractivity contribution in [3.8, 4) is 5.75 Å². The van der Waals surface area contributed by atoms with Crippen LogP contribution >= 0.6 is 11.8 Å². The highest BCUT2D eigenvalue weighted by molar-refractivity contribution is 7.99. The molecule has 1 aromatic heterocycles. The van der Waals surface area contributed by atoms with Gasteiger partial charge >= 0.3 is 0 Å². The summed E-state index contributed by atoms with van der Waals surface area (Å²) in [5.74, 6) is 2.82. The van der Waals surface area contributed by atoms with Gasteiger partial charge in [0.1, 0.15) is 5.75 Å². The molecule has 4 rings (SSSR count). The van der Waals surface area contributed by atoms with E-state index in [4.69, 9.17) is 4.74 Å². The molecule has 1 aromatic carbocycles. The van der Waals surface area contributed by atoms with E-state index in [9.17, 15) is 10.2 Å². The first-order valence-corrected chi connectivity index (χ1v) is 14.8. The number of nitrogens with zero attached hydrogens (tertiary/aromatic N) is 2. The number of rotatable bonds is 11. The molecule has 3 atom stereocenters. The van der Waals surface area contributed by atoms with Crippen LogP contribution in [0.3, 0.4) is 0 Å². The van der Waals surface area contributed by atoms with Gasteiger partial charge in [-0.1, -0.05) is 25.7 Å². The summed E-state index contributed by atoms with van der Waals surface area (Å²) in [5, 5.41) is 23.0. The summed E-state index contributed by atoms with van der Waals surface area (Å²) in [7, 11) is 1.66. The molecule has 2 aromatic rings. The second-order valence-corrected chi connectivity index (χ2v) is 11.9. The SMILES string of the molecule is COc1ccc2nccc([C@@H](O)CC[C@@H]3CCN(CCCSC4CCCCCC4)C[C@@H]3CO)c2c1. The second kappa shape index (κ2) is 13.8. The van der Waals surface area contributed by atoms with Crippen molar-refractivity contribution in [1.82, 2.24) is 9.88 Å². The summed E-state index contributed by atoms with van der Waals surface area (Å²) < 4.78 is 5.38. The zero-order valence-corrected chi connectivity index (χ0v) is 22.2. The molecule has 0 radical (unpaired) electrons. The number of fused-ring (bicyclic) bond motifs is 1. The van der Waals surface area contributed by atoms with Crippen molar-refractivity contribution in [3.63, 3.8) is 0 Å². The molecule has 5 nitrogen and oxygen atoms in total. The maximum Gasteiger partial charge on any atom is 0.119 e. The summed E-state index contributed by atoms with van der Waals surface area (Å²) in [6.45, 7) is 3.49. The fraction of sp³-hybridized carbons (Fsp3) is 0.690. The summed E-state index contributed by atoms with van der Waals surface area (Å²) in [6.07, 6.45) is 13.8. The highest BCUT2D eigenvalue weighted by Gasteiger charge is 2.29. The van der Waals surface area contributed by atoms with Crippen LogP contribution in [0.5, 0.6) is 5.75 Å². The Morgan fingerprint density at radius 1 is 1.11 bits per heavy atom. The zero-order chi connectivity index (χ0) is 24.5. The van der Waals surface area contributed by atoms with Crippen LogP contribution in [-0.4, -0.2) is 64.5 Å². The largest absolute Gasteiger partial charge is 0.497 e. The molecular weight excluding hydrogens is 456 g/mol. The minimum Gasteiger partial charge on any atom is -0.497 e. The normalized spacial score (nSPS) is 23.3. The van der Waals surface area contributed by atoms with Crippen molar-refractivity contribution >= 4 is 22.7 Å². The van der Waals surface area contributed by atoms with E-state index in [1.54, 1.807) is 13.3 Å². The van der Waals surface area contributed by atoms with E-state index in [0.29, 0.717) is 18.3 Å². The van der Waals surface area contributed by atoms with Crippen molar-refractivity contribution in [1.29, 1.82) is 0 Å². The Hall–Kier alpha value is -1.34. The number of likely N-dealkylation sites (tertiary alicyclic amines) is 1. The summed E-state index contributed by atoms with van der Waals surface area (Å²) >= 11 is 2.20. The fourth-order valence-electron chi connectivity index (χ4n) is 5.98. The molecule has 35 heavy (non-hydrogen) atoms. The Kier molecular flexibility index (Phi) is 10.6. The quantitative estimate of drug-likeness (QED) is 0.299. The average molecular weight is 501 g/mol. The molecule has 2 fully saturated rings. The predicted octanol–water partition coefficient (Wildman–Crippen LogP) is 5.83. The first-order chi connectivity index (χ1) is 17.2. The Morgan fingerprint density at radius 2 is 1.94 bits per heavy atom. The van der Waals surface area contributed by atoms with Crippen LogP contribution in [0.25, 0.3) is 10.9 Å². The number of aliphatic hydroxyl groups is 2. The third-order valence-corrected chi connectivity index (χ3v) is 9.60. The molecule has 0 amide bonds. The van der Waals surface area contributed by atoms with Crippen LogP contribution in [-0.2, 0) is 0 Å². The van der Waals surface area contributed by atoms with Gasteiger partial charge < -0.3 is 19.8 Å². The summed E-state index contributed by atoms with van der Waals surface area (Å²) in [6, 6.07) is 7.73. The van der Waals surface area contributed by atoms with Gasteiger partial charge in [-0.3, -0.25) is 4.98 Å². The smallest absolute Gasteiger partial charge is 0.119 e. The molecule has 1 aliphatic heterocycles. The summed E-state index contributed by atoms with van der Waals surface area (Å²) in [4.78, 5) is 7.00. The lowest BCUT2D eigenvalue weighted by Crippen LogP contribution is -2.42. The molecule has 1 aliphatic carbocycles. The molecular formula is C29H44N2O3S. The minimum absolute atomic E-state index is 0.240. The summed E-state index contributed by atoms with van der Waals surface area (Å²) in [5.41, 5.74) is 1.79. The van der Waals surface area contributed by atoms with Crippen LogP contribution in [0.15, 0.2) is 30.5 Å². The first-order valence-electron chi connectivity index (χ1n) is 13.7. The van der Waals surface area contributed by atoms with Crippen molar-refractivity contribution in [3.05, 3.63) is 36.0 Å². The number of aliphatic hydroxyl groups excluding tert-OH is 2. The van der Waals surface area contributed by atoms with Crippen LogP contribution in [0, 0.1) is 11.8 Å². The van der Waals surface area contributed by atoms with Gasteiger partial charge in [-0.05, 0) is 99.0 Å². The van der Waals surface area contributed by atoms with E-state index >= 15 is 0 Å². The number of aromatic nitrogens is 1. The number of piperidine rings is 1. The van der Waals surface area contributed by atoms with Crippen molar-refractivity contribution in [2.24, 2.45) is 11.8 Å². The number of methoxy groups -OCH3 is 1. The monoisotopic (exact) mass is 500 g/mol. The van der Waals surface area contributed by atoms with E-state index in [-0.39, 0.29) is 6.61 Å². The van der Waals surface area contributed by atoms with E-state index in [1.165, 1.54) is 50.7 Å². The van der Waals surface area contributed by atoms with Gasteiger partial charge in [0.25, 0.3) is 0 Å². The lowest BCUT2D eigenvalue weighted by Gasteiger charge is -2.38. The molecule has 1 saturated carbocycles. The Morgan fingerprint density at radius 3 is 2.71 bits per heavy atom. The van der Waals surface area contributed by atoms with Gasteiger partial charge in [-0.2, -0.15) is 11.8 Å². The van der Waals surface area contributed by atoms with E-state index in [0.717, 1.165) is 59.9 Å². The first kappa shape index (κ1) is 26.7. The Bertz CT molecular complexity index is 903. The molecule has 2 aliphatic rings. The van der Waals surface area contributed by atoms with E-state index in [1.807, 2.05) is 24.3 Å². The fourth-order valence-corrected chi connectivity index (χ4v) is 7.28. The zero-order valence-electron chi connectivity index (χ0n) is 21.4. The maximum absolute atomic E-state index is 11.0. The van der Waals surface area contributed by atoms with Gasteiger partial charge in [0, 0.05) is 30.0 Å². The van der Waals surface area contributed by atoms with Crippen molar-refractivity contribution < 1.29 is 14.9 Å². The van der Waals surface area contributed by atoms with Crippen LogP contribution in [0.4, 0.5) is 0 Å². The third-order valence-electron chi connectivity index (χ3n) is 8.14. The van der Waals surface area contributed by atoms with Crippen LogP contribution in [0.2, 0.25) is 0 Å².